The molecular formula is C19H17BrClN5O2S. The van der Waals surface area contributed by atoms with Gasteiger partial charge in [-0.15, -0.1) is 10.2 Å². The average molecular weight is 495 g/mol. The Morgan fingerprint density at radius 2 is 2.03 bits per heavy atom. The van der Waals surface area contributed by atoms with Gasteiger partial charge in [-0.1, -0.05) is 51.4 Å². The number of aromatic nitrogens is 3. The van der Waals surface area contributed by atoms with Crippen molar-refractivity contribution in [2.75, 3.05) is 17.9 Å². The zero-order valence-electron chi connectivity index (χ0n) is 15.5. The van der Waals surface area contributed by atoms with Gasteiger partial charge in [0.1, 0.15) is 16.8 Å². The van der Waals surface area contributed by atoms with Gasteiger partial charge in [0.2, 0.25) is 11.1 Å². The van der Waals surface area contributed by atoms with Crippen LogP contribution in [0.15, 0.2) is 52.1 Å². The van der Waals surface area contributed by atoms with E-state index in [-0.39, 0.29) is 11.9 Å². The van der Waals surface area contributed by atoms with E-state index in [1.54, 1.807) is 23.9 Å². The van der Waals surface area contributed by atoms with Gasteiger partial charge in [-0.2, -0.15) is 0 Å². The van der Waals surface area contributed by atoms with Crippen LogP contribution in [0.2, 0.25) is 5.02 Å². The first kappa shape index (κ1) is 20.1. The summed E-state index contributed by atoms with van der Waals surface area (Å²) in [4.78, 5) is 13.2. The molecule has 1 aliphatic rings. The highest BCUT2D eigenvalue weighted by atomic mass is 79.9. The number of methoxy groups -OCH3 is 1. The van der Waals surface area contributed by atoms with Gasteiger partial charge in [-0.25, -0.2) is 4.68 Å². The SMILES string of the molecule is COc1ccc([C@H]2Nn3c(C)nnc3S[C@H]2C(=O)Nc2ccc(Br)cc2Cl)cc1. The lowest BCUT2D eigenvalue weighted by molar-refractivity contribution is -0.116. The Bertz CT molecular complexity index is 1060. The van der Waals surface area contributed by atoms with E-state index < -0.39 is 5.25 Å². The van der Waals surface area contributed by atoms with Crippen LogP contribution in [0.3, 0.4) is 0 Å². The van der Waals surface area contributed by atoms with E-state index in [2.05, 4.69) is 36.9 Å². The number of benzene rings is 2. The molecule has 0 fully saturated rings. The summed E-state index contributed by atoms with van der Waals surface area (Å²) >= 11 is 11.0. The number of carbonyl (C=O) groups excluding carboxylic acids is 1. The second kappa shape index (κ2) is 8.25. The van der Waals surface area contributed by atoms with E-state index in [1.165, 1.54) is 11.8 Å². The molecule has 29 heavy (non-hydrogen) atoms. The number of nitrogens with zero attached hydrogens (tertiary/aromatic N) is 3. The summed E-state index contributed by atoms with van der Waals surface area (Å²) in [5, 5.41) is 11.8. The van der Waals surface area contributed by atoms with Crippen molar-refractivity contribution in [3.05, 3.63) is 63.3 Å². The molecule has 0 saturated heterocycles. The maximum Gasteiger partial charge on any atom is 0.240 e. The van der Waals surface area contributed by atoms with Crippen LogP contribution >= 0.6 is 39.3 Å². The summed E-state index contributed by atoms with van der Waals surface area (Å²) in [5.41, 5.74) is 4.86. The molecule has 0 radical (unpaired) electrons. The third-order valence-corrected chi connectivity index (χ3v) is 6.54. The molecule has 150 valence electrons. The molecule has 0 aliphatic carbocycles. The van der Waals surface area contributed by atoms with Gasteiger partial charge in [0, 0.05) is 4.47 Å². The van der Waals surface area contributed by atoms with E-state index in [4.69, 9.17) is 16.3 Å². The minimum atomic E-state index is -0.487. The van der Waals surface area contributed by atoms with Crippen molar-refractivity contribution in [2.45, 2.75) is 23.4 Å². The molecule has 2 N–H and O–H groups in total. The van der Waals surface area contributed by atoms with E-state index in [0.29, 0.717) is 15.9 Å². The highest BCUT2D eigenvalue weighted by Crippen LogP contribution is 2.38. The van der Waals surface area contributed by atoms with Crippen molar-refractivity contribution >= 4 is 50.9 Å². The fourth-order valence-corrected chi connectivity index (χ4v) is 4.86. The molecule has 0 bridgehead atoms. The molecule has 2 atom stereocenters. The Balaban J connectivity index is 1.66. The van der Waals surface area contributed by atoms with Gasteiger partial charge in [0.25, 0.3) is 0 Å². The zero-order valence-corrected chi connectivity index (χ0v) is 18.7. The number of carbonyl (C=O) groups is 1. The molecule has 1 amide bonds. The first-order valence-corrected chi connectivity index (χ1v) is 10.8. The normalized spacial score (nSPS) is 17.9. The monoisotopic (exact) mass is 493 g/mol. The molecular weight excluding hydrogens is 478 g/mol. The van der Waals surface area contributed by atoms with Gasteiger partial charge in [0.05, 0.1) is 23.9 Å². The Kier molecular flexibility index (Phi) is 5.71. The molecule has 10 heteroatoms. The van der Waals surface area contributed by atoms with Gasteiger partial charge < -0.3 is 15.5 Å². The topological polar surface area (TPSA) is 81.1 Å². The second-order valence-electron chi connectivity index (χ2n) is 6.40. The third-order valence-electron chi connectivity index (χ3n) is 4.52. The Hall–Kier alpha value is -2.23. The van der Waals surface area contributed by atoms with Crippen LogP contribution in [0.1, 0.15) is 17.4 Å². The predicted octanol–water partition coefficient (Wildman–Crippen LogP) is 4.41. The number of nitrogens with one attached hydrogen (secondary N) is 2. The molecule has 0 unspecified atom stereocenters. The molecule has 0 saturated carbocycles. The number of rotatable bonds is 4. The minimum absolute atomic E-state index is 0.181. The van der Waals surface area contributed by atoms with E-state index in [9.17, 15) is 4.79 Å². The number of hydrogen-bond acceptors (Lipinski definition) is 6. The highest BCUT2D eigenvalue weighted by Gasteiger charge is 2.37. The molecule has 1 aromatic heterocycles. The molecule has 7 nitrogen and oxygen atoms in total. The molecule has 0 spiro atoms. The standard InChI is InChI=1S/C19H17BrClN5O2S/c1-10-23-24-19-26(10)25-16(11-3-6-13(28-2)7-4-11)17(29-19)18(27)22-15-8-5-12(20)9-14(15)21/h3-9,16-17,25H,1-2H3,(H,22,27)/t16-,17-/m1/s1. The van der Waals surface area contributed by atoms with Crippen LogP contribution in [0.25, 0.3) is 0 Å². The van der Waals surface area contributed by atoms with Crippen LogP contribution in [-0.4, -0.2) is 33.1 Å². The number of halogens is 2. The second-order valence-corrected chi connectivity index (χ2v) is 8.83. The van der Waals surface area contributed by atoms with E-state index in [0.717, 1.165) is 21.6 Å². The van der Waals surface area contributed by atoms with Gasteiger partial charge in [-0.3, -0.25) is 4.79 Å². The number of anilines is 1. The first-order chi connectivity index (χ1) is 14.0. The fraction of sp³-hybridized carbons (Fsp3) is 0.211. The molecule has 3 aromatic rings. The zero-order chi connectivity index (χ0) is 20.5. The van der Waals surface area contributed by atoms with E-state index in [1.807, 2.05) is 37.3 Å². The lowest BCUT2D eigenvalue weighted by Gasteiger charge is -2.32. The van der Waals surface area contributed by atoms with Crippen LogP contribution in [0.5, 0.6) is 5.75 Å². The van der Waals surface area contributed by atoms with Crippen molar-refractivity contribution in [1.82, 2.24) is 14.9 Å². The molecule has 2 aromatic carbocycles. The van der Waals surface area contributed by atoms with Crippen LogP contribution in [-0.2, 0) is 4.79 Å². The maximum atomic E-state index is 13.2. The Morgan fingerprint density at radius 3 is 2.72 bits per heavy atom. The number of thioether (sulfide) groups is 1. The predicted molar refractivity (Wildman–Crippen MR) is 117 cm³/mol. The summed E-state index contributed by atoms with van der Waals surface area (Å²) in [6.07, 6.45) is 0. The number of aryl methyl sites for hydroxylation is 1. The smallest absolute Gasteiger partial charge is 0.240 e. The lowest BCUT2D eigenvalue weighted by Crippen LogP contribution is -2.41. The summed E-state index contributed by atoms with van der Waals surface area (Å²) in [6.45, 7) is 1.86. The van der Waals surface area contributed by atoms with Crippen molar-refractivity contribution in [1.29, 1.82) is 0 Å². The van der Waals surface area contributed by atoms with Crippen LogP contribution in [0, 0.1) is 6.92 Å². The van der Waals surface area contributed by atoms with Crippen molar-refractivity contribution in [2.24, 2.45) is 0 Å². The van der Waals surface area contributed by atoms with Crippen molar-refractivity contribution in [3.63, 3.8) is 0 Å². The van der Waals surface area contributed by atoms with Crippen LogP contribution in [0.4, 0.5) is 5.69 Å². The summed E-state index contributed by atoms with van der Waals surface area (Å²) < 4.78 is 7.89. The van der Waals surface area contributed by atoms with Crippen LogP contribution < -0.4 is 15.5 Å². The minimum Gasteiger partial charge on any atom is -0.497 e. The molecule has 4 rings (SSSR count). The van der Waals surface area contributed by atoms with E-state index >= 15 is 0 Å². The van der Waals surface area contributed by atoms with Crippen molar-refractivity contribution in [3.8, 4) is 5.75 Å². The summed E-state index contributed by atoms with van der Waals surface area (Å²) in [5.74, 6) is 1.29. The maximum absolute atomic E-state index is 13.2. The quantitative estimate of drug-likeness (QED) is 0.559. The van der Waals surface area contributed by atoms with Gasteiger partial charge in [-0.05, 0) is 42.8 Å². The number of hydrogen-bond donors (Lipinski definition) is 2. The molecule has 2 heterocycles. The molecule has 1 aliphatic heterocycles. The highest BCUT2D eigenvalue weighted by molar-refractivity contribution is 9.10. The largest absolute Gasteiger partial charge is 0.497 e. The van der Waals surface area contributed by atoms with Gasteiger partial charge >= 0.3 is 0 Å². The number of fused-ring (bicyclic) bond motifs is 1. The van der Waals surface area contributed by atoms with Gasteiger partial charge in [0.15, 0.2) is 0 Å². The summed E-state index contributed by atoms with van der Waals surface area (Å²) in [6, 6.07) is 12.7. The first-order valence-electron chi connectivity index (χ1n) is 8.71. The Morgan fingerprint density at radius 1 is 1.28 bits per heavy atom. The third kappa shape index (κ3) is 4.08. The fourth-order valence-electron chi connectivity index (χ4n) is 3.02. The van der Waals surface area contributed by atoms with Crippen molar-refractivity contribution < 1.29 is 9.53 Å². The lowest BCUT2D eigenvalue weighted by atomic mass is 10.0. The number of amides is 1. The Labute approximate surface area is 185 Å². The number of ether oxygens (including phenoxy) is 1. The summed E-state index contributed by atoms with van der Waals surface area (Å²) in [7, 11) is 1.62. The average Bonchev–Trinajstić information content (AvgIpc) is 3.09.